The molecule has 96 valence electrons. The molecule has 1 N–H and O–H groups in total. The van der Waals surface area contributed by atoms with Crippen molar-refractivity contribution in [2.75, 3.05) is 6.61 Å². The second-order valence-electron chi connectivity index (χ2n) is 4.19. The first kappa shape index (κ1) is 15.4. The molecule has 0 atom stereocenters. The first-order valence-electron chi connectivity index (χ1n) is 5.65. The van der Waals surface area contributed by atoms with Gasteiger partial charge in [0.15, 0.2) is 0 Å². The average Bonchev–Trinajstić information content (AvgIpc) is 2.25. The van der Waals surface area contributed by atoms with Gasteiger partial charge in [0.1, 0.15) is 0 Å². The van der Waals surface area contributed by atoms with E-state index in [9.17, 15) is 9.59 Å². The summed E-state index contributed by atoms with van der Waals surface area (Å²) in [7, 11) is 0. The smallest absolute Gasteiger partial charge is 0.333 e. The number of carbonyl (C=O) groups is 2. The summed E-state index contributed by atoms with van der Waals surface area (Å²) in [5.74, 6) is -1.15. The molecule has 0 saturated carbocycles. The van der Waals surface area contributed by atoms with E-state index in [0.717, 1.165) is 0 Å². The molecule has 0 unspecified atom stereocenters. The number of hydrogen-bond acceptors (Lipinski definition) is 3. The summed E-state index contributed by atoms with van der Waals surface area (Å²) >= 11 is 0. The van der Waals surface area contributed by atoms with Gasteiger partial charge in [-0.15, -0.1) is 0 Å². The average molecular weight is 240 g/mol. The topological polar surface area (TPSA) is 63.6 Å². The molecule has 0 heterocycles. The zero-order chi connectivity index (χ0) is 13.4. The van der Waals surface area contributed by atoms with Crippen LogP contribution in [-0.4, -0.2) is 23.7 Å². The van der Waals surface area contributed by atoms with Crippen molar-refractivity contribution in [3.8, 4) is 0 Å². The second kappa shape index (κ2) is 7.65. The predicted molar refractivity (Wildman–Crippen MR) is 65.6 cm³/mol. The first-order valence-corrected chi connectivity index (χ1v) is 5.65. The summed E-state index contributed by atoms with van der Waals surface area (Å²) in [4.78, 5) is 22.1. The third-order valence-electron chi connectivity index (χ3n) is 2.09. The molecule has 0 aromatic rings. The molecule has 0 aliphatic heterocycles. The lowest BCUT2D eigenvalue weighted by Crippen LogP contribution is -2.11. The normalized spacial score (nSPS) is 11.4. The van der Waals surface area contributed by atoms with E-state index in [1.807, 2.05) is 13.8 Å². The fourth-order valence-corrected chi connectivity index (χ4v) is 1.06. The van der Waals surface area contributed by atoms with Crippen molar-refractivity contribution in [3.63, 3.8) is 0 Å². The lowest BCUT2D eigenvalue weighted by Gasteiger charge is -2.07. The van der Waals surface area contributed by atoms with E-state index in [0.29, 0.717) is 13.0 Å². The maximum absolute atomic E-state index is 11.4. The van der Waals surface area contributed by atoms with Crippen LogP contribution in [0.15, 0.2) is 23.8 Å². The molecule has 17 heavy (non-hydrogen) atoms. The molecule has 0 saturated heterocycles. The van der Waals surface area contributed by atoms with E-state index in [2.05, 4.69) is 6.58 Å². The highest BCUT2D eigenvalue weighted by atomic mass is 16.5. The number of carboxylic acids is 1. The number of rotatable bonds is 7. The van der Waals surface area contributed by atoms with Gasteiger partial charge < -0.3 is 9.84 Å². The number of carboxylic acid groups (broad SMARTS) is 1. The Morgan fingerprint density at radius 3 is 2.41 bits per heavy atom. The van der Waals surface area contributed by atoms with Crippen LogP contribution in [0.25, 0.3) is 0 Å². The zero-order valence-corrected chi connectivity index (χ0v) is 10.7. The molecule has 0 aromatic heterocycles. The van der Waals surface area contributed by atoms with Crippen LogP contribution in [0.4, 0.5) is 0 Å². The minimum absolute atomic E-state index is 0.215. The molecule has 0 rings (SSSR count). The number of carbonyl (C=O) groups excluding carboxylic acids is 1. The Kier molecular flexibility index (Phi) is 6.94. The highest BCUT2D eigenvalue weighted by Crippen LogP contribution is 2.09. The monoisotopic (exact) mass is 240 g/mol. The summed E-state index contributed by atoms with van der Waals surface area (Å²) < 4.78 is 4.98. The Hall–Kier alpha value is -1.58. The predicted octanol–water partition coefficient (Wildman–Crippen LogP) is 2.55. The lowest BCUT2D eigenvalue weighted by atomic mass is 10.1. The molecule has 0 spiro atoms. The molecule has 4 nitrogen and oxygen atoms in total. The van der Waals surface area contributed by atoms with Crippen LogP contribution in [0, 0.1) is 5.92 Å². The molecule has 0 fully saturated rings. The van der Waals surface area contributed by atoms with Crippen LogP contribution in [0.5, 0.6) is 0 Å². The van der Waals surface area contributed by atoms with Crippen molar-refractivity contribution in [3.05, 3.63) is 23.8 Å². The van der Waals surface area contributed by atoms with Crippen LogP contribution >= 0.6 is 0 Å². The number of aliphatic carboxylic acids is 1. The second-order valence-corrected chi connectivity index (χ2v) is 4.19. The zero-order valence-electron chi connectivity index (χ0n) is 10.7. The van der Waals surface area contributed by atoms with E-state index in [-0.39, 0.29) is 23.5 Å². The van der Waals surface area contributed by atoms with Gasteiger partial charge in [0, 0.05) is 11.1 Å². The van der Waals surface area contributed by atoms with Crippen LogP contribution < -0.4 is 0 Å². The quantitative estimate of drug-likeness (QED) is 0.548. The van der Waals surface area contributed by atoms with Crippen LogP contribution in [-0.2, 0) is 14.3 Å². The van der Waals surface area contributed by atoms with Gasteiger partial charge in [-0.05, 0) is 18.8 Å². The Morgan fingerprint density at radius 2 is 2.00 bits per heavy atom. The van der Waals surface area contributed by atoms with E-state index < -0.39 is 11.9 Å². The van der Waals surface area contributed by atoms with E-state index >= 15 is 0 Å². The van der Waals surface area contributed by atoms with Crippen molar-refractivity contribution in [1.29, 1.82) is 0 Å². The SMILES string of the molecule is C=C(CC=C(CC)C(=O)O)C(=O)OCC(C)C. The van der Waals surface area contributed by atoms with Gasteiger partial charge in [-0.2, -0.15) is 0 Å². The molecular formula is C13H20O4. The third-order valence-corrected chi connectivity index (χ3v) is 2.09. The maximum atomic E-state index is 11.4. The summed E-state index contributed by atoms with van der Waals surface area (Å²) in [5.41, 5.74) is 0.556. The van der Waals surface area contributed by atoms with Crippen molar-refractivity contribution >= 4 is 11.9 Å². The Labute approximate surface area is 102 Å². The number of ether oxygens (including phenoxy) is 1. The van der Waals surface area contributed by atoms with Crippen LogP contribution in [0.3, 0.4) is 0 Å². The number of allylic oxidation sites excluding steroid dienone is 1. The highest BCUT2D eigenvalue weighted by molar-refractivity contribution is 5.89. The van der Waals surface area contributed by atoms with Crippen LogP contribution in [0.2, 0.25) is 0 Å². The summed E-state index contributed by atoms with van der Waals surface area (Å²) in [6.45, 7) is 9.56. The van der Waals surface area contributed by atoms with Gasteiger partial charge >= 0.3 is 11.9 Å². The summed E-state index contributed by atoms with van der Waals surface area (Å²) in [6.07, 6.45) is 2.14. The van der Waals surface area contributed by atoms with Crippen molar-refractivity contribution in [2.24, 2.45) is 5.92 Å². The molecule has 0 radical (unpaired) electrons. The van der Waals surface area contributed by atoms with Crippen molar-refractivity contribution in [1.82, 2.24) is 0 Å². The van der Waals surface area contributed by atoms with Gasteiger partial charge in [-0.3, -0.25) is 0 Å². The standard InChI is InChI=1S/C13H20O4/c1-5-11(12(14)15)7-6-10(4)13(16)17-8-9(2)3/h7,9H,4-6,8H2,1-3H3,(H,14,15). The van der Waals surface area contributed by atoms with Gasteiger partial charge in [-0.25, -0.2) is 9.59 Å². The van der Waals surface area contributed by atoms with E-state index in [4.69, 9.17) is 9.84 Å². The highest BCUT2D eigenvalue weighted by Gasteiger charge is 2.10. The van der Waals surface area contributed by atoms with E-state index in [1.54, 1.807) is 6.92 Å². The number of hydrogen-bond donors (Lipinski definition) is 1. The van der Waals surface area contributed by atoms with Gasteiger partial charge in [0.2, 0.25) is 0 Å². The Bertz CT molecular complexity index is 326. The molecule has 0 amide bonds. The molecule has 4 heteroatoms. The Balaban J connectivity index is 4.26. The molecular weight excluding hydrogens is 220 g/mol. The molecule has 0 aromatic carbocycles. The van der Waals surface area contributed by atoms with Crippen LogP contribution in [0.1, 0.15) is 33.6 Å². The lowest BCUT2D eigenvalue weighted by molar-refractivity contribution is -0.140. The van der Waals surface area contributed by atoms with Gasteiger partial charge in [0.25, 0.3) is 0 Å². The largest absolute Gasteiger partial charge is 0.478 e. The minimum Gasteiger partial charge on any atom is -0.478 e. The van der Waals surface area contributed by atoms with Gasteiger partial charge in [0.05, 0.1) is 6.61 Å². The first-order chi connectivity index (χ1) is 7.88. The summed E-state index contributed by atoms with van der Waals surface area (Å²) in [5, 5.41) is 8.79. The van der Waals surface area contributed by atoms with Crippen molar-refractivity contribution in [2.45, 2.75) is 33.6 Å². The van der Waals surface area contributed by atoms with Gasteiger partial charge in [-0.1, -0.05) is 33.4 Å². The fourth-order valence-electron chi connectivity index (χ4n) is 1.06. The summed E-state index contributed by atoms with van der Waals surface area (Å²) in [6, 6.07) is 0. The van der Waals surface area contributed by atoms with Crippen molar-refractivity contribution < 1.29 is 19.4 Å². The molecule has 0 aliphatic rings. The van der Waals surface area contributed by atoms with E-state index in [1.165, 1.54) is 6.08 Å². The fraction of sp³-hybridized carbons (Fsp3) is 0.538. The molecule has 0 bridgehead atoms. The third kappa shape index (κ3) is 6.56. The Morgan fingerprint density at radius 1 is 1.41 bits per heavy atom. The maximum Gasteiger partial charge on any atom is 0.333 e. The minimum atomic E-state index is -0.962. The molecule has 0 aliphatic carbocycles. The number of esters is 1.